The summed E-state index contributed by atoms with van der Waals surface area (Å²) in [7, 11) is 0. The summed E-state index contributed by atoms with van der Waals surface area (Å²) in [5.41, 5.74) is 2.58. The van der Waals surface area contributed by atoms with Crippen LogP contribution < -0.4 is 5.32 Å². The van der Waals surface area contributed by atoms with Gasteiger partial charge in [0, 0.05) is 11.8 Å². The molecule has 1 amide bonds. The monoisotopic (exact) mass is 378 g/mol. The molecule has 4 bridgehead atoms. The van der Waals surface area contributed by atoms with E-state index >= 15 is 0 Å². The van der Waals surface area contributed by atoms with Gasteiger partial charge in [0.1, 0.15) is 0 Å². The number of nitrogens with one attached hydrogen (secondary N) is 2. The zero-order valence-electron chi connectivity index (χ0n) is 17.2. The average molecular weight is 379 g/mol. The Kier molecular flexibility index (Phi) is 4.23. The minimum atomic E-state index is -0.160. The van der Waals surface area contributed by atoms with Crippen LogP contribution >= 0.6 is 0 Å². The SMILES string of the molecule is CCC[C@]12CC3CC1(C(=O)NC1CCC(=N)CC1)C[C@@](c1ccccc1)(C3)C2. The molecule has 3 heteroatoms. The molecule has 0 heterocycles. The molecule has 3 nitrogen and oxygen atoms in total. The van der Waals surface area contributed by atoms with Gasteiger partial charge in [0.05, 0.1) is 5.41 Å². The smallest absolute Gasteiger partial charge is 0.227 e. The maximum absolute atomic E-state index is 13.9. The van der Waals surface area contributed by atoms with E-state index in [2.05, 4.69) is 42.6 Å². The maximum atomic E-state index is 13.9. The van der Waals surface area contributed by atoms with Crippen LogP contribution in [0.25, 0.3) is 0 Å². The van der Waals surface area contributed by atoms with E-state index in [4.69, 9.17) is 5.41 Å². The summed E-state index contributed by atoms with van der Waals surface area (Å²) < 4.78 is 0. The largest absolute Gasteiger partial charge is 0.353 e. The molecule has 150 valence electrons. The molecule has 1 aromatic rings. The molecule has 0 saturated heterocycles. The third kappa shape index (κ3) is 2.54. The van der Waals surface area contributed by atoms with Crippen molar-refractivity contribution in [2.75, 3.05) is 0 Å². The van der Waals surface area contributed by atoms with E-state index in [9.17, 15) is 4.79 Å². The molecule has 1 aromatic carbocycles. The molecule has 5 fully saturated rings. The first kappa shape index (κ1) is 18.4. The second kappa shape index (κ2) is 6.43. The summed E-state index contributed by atoms with van der Waals surface area (Å²) in [6, 6.07) is 11.4. The van der Waals surface area contributed by atoms with E-state index in [0.29, 0.717) is 11.8 Å². The van der Waals surface area contributed by atoms with Crippen LogP contribution in [0.3, 0.4) is 0 Å². The second-order valence-electron chi connectivity index (χ2n) is 10.4. The van der Waals surface area contributed by atoms with Crippen LogP contribution in [0.1, 0.15) is 83.1 Å². The van der Waals surface area contributed by atoms with Crippen molar-refractivity contribution in [2.24, 2.45) is 16.7 Å². The summed E-state index contributed by atoms with van der Waals surface area (Å²) in [4.78, 5) is 13.9. The first-order valence-electron chi connectivity index (χ1n) is 11.4. The standard InChI is InChI=1S/C25H34N2O/c1-2-12-24-14-18-13-23(16-24,19-6-4-3-5-7-19)17-25(24,15-18)22(28)27-21-10-8-20(26)9-11-21/h3-7,18,21,26H,2,8-17H2,1H3,(H,27,28)/t18?,21?,23-,24-,25?/m1/s1. The van der Waals surface area contributed by atoms with Crippen molar-refractivity contribution < 1.29 is 4.79 Å². The molecular weight excluding hydrogens is 344 g/mol. The van der Waals surface area contributed by atoms with Crippen molar-refractivity contribution in [2.45, 2.75) is 89.0 Å². The first-order chi connectivity index (χ1) is 13.5. The van der Waals surface area contributed by atoms with Crippen molar-refractivity contribution in [3.05, 3.63) is 35.9 Å². The van der Waals surface area contributed by atoms with E-state index in [1.165, 1.54) is 37.7 Å². The summed E-state index contributed by atoms with van der Waals surface area (Å²) in [5.74, 6) is 1.07. The Hall–Kier alpha value is -1.64. The van der Waals surface area contributed by atoms with Crippen molar-refractivity contribution in [3.63, 3.8) is 0 Å². The van der Waals surface area contributed by atoms with Gasteiger partial charge in [0.15, 0.2) is 0 Å². The number of hydrogen-bond acceptors (Lipinski definition) is 2. The third-order valence-corrected chi connectivity index (χ3v) is 8.80. The minimum Gasteiger partial charge on any atom is -0.353 e. The Morgan fingerprint density at radius 2 is 1.86 bits per heavy atom. The summed E-state index contributed by atoms with van der Waals surface area (Å²) in [6.07, 6.45) is 11.9. The van der Waals surface area contributed by atoms with E-state index in [-0.39, 0.29) is 22.3 Å². The van der Waals surface area contributed by atoms with Gasteiger partial charge in [0.2, 0.25) is 5.91 Å². The number of carbonyl (C=O) groups is 1. The molecule has 0 radical (unpaired) electrons. The predicted octanol–water partition coefficient (Wildman–Crippen LogP) is 5.38. The van der Waals surface area contributed by atoms with Crippen molar-refractivity contribution in [1.82, 2.24) is 5.32 Å². The van der Waals surface area contributed by atoms with Gasteiger partial charge in [-0.15, -0.1) is 0 Å². The fourth-order valence-electron chi connectivity index (χ4n) is 8.03. The van der Waals surface area contributed by atoms with Crippen LogP contribution in [-0.2, 0) is 10.2 Å². The second-order valence-corrected chi connectivity index (χ2v) is 10.4. The molecule has 5 aliphatic carbocycles. The quantitative estimate of drug-likeness (QED) is 0.710. The Bertz CT molecular complexity index is 779. The minimum absolute atomic E-state index is 0.160. The van der Waals surface area contributed by atoms with Gasteiger partial charge < -0.3 is 10.7 Å². The highest BCUT2D eigenvalue weighted by Gasteiger charge is 2.73. The Labute approximate surface area is 169 Å². The van der Waals surface area contributed by atoms with Gasteiger partial charge >= 0.3 is 0 Å². The lowest BCUT2D eigenvalue weighted by molar-refractivity contribution is -0.137. The van der Waals surface area contributed by atoms with Crippen molar-refractivity contribution in [3.8, 4) is 0 Å². The van der Waals surface area contributed by atoms with Gasteiger partial charge in [0.25, 0.3) is 0 Å². The molecule has 28 heavy (non-hydrogen) atoms. The van der Waals surface area contributed by atoms with Crippen molar-refractivity contribution in [1.29, 1.82) is 5.41 Å². The molecule has 2 unspecified atom stereocenters. The molecule has 2 N–H and O–H groups in total. The predicted molar refractivity (Wildman–Crippen MR) is 113 cm³/mol. The van der Waals surface area contributed by atoms with Gasteiger partial charge in [-0.1, -0.05) is 43.7 Å². The number of rotatable bonds is 5. The van der Waals surface area contributed by atoms with Gasteiger partial charge in [-0.2, -0.15) is 0 Å². The normalized spacial score (nSPS) is 41.4. The van der Waals surface area contributed by atoms with Crippen LogP contribution in [0.2, 0.25) is 0 Å². The van der Waals surface area contributed by atoms with Gasteiger partial charge in [-0.3, -0.25) is 4.79 Å². The highest BCUT2D eigenvalue weighted by Crippen LogP contribution is 2.77. The van der Waals surface area contributed by atoms with Crippen LogP contribution in [0.15, 0.2) is 30.3 Å². The number of amides is 1. The summed E-state index contributed by atoms with van der Waals surface area (Å²) in [5, 5.41) is 11.4. The Morgan fingerprint density at radius 1 is 1.11 bits per heavy atom. The third-order valence-electron chi connectivity index (χ3n) is 8.80. The van der Waals surface area contributed by atoms with Crippen LogP contribution in [0.5, 0.6) is 0 Å². The van der Waals surface area contributed by atoms with E-state index in [1.807, 2.05) is 0 Å². The number of benzene rings is 1. The molecule has 5 saturated carbocycles. The lowest BCUT2D eigenvalue weighted by atomic mass is 9.63. The molecule has 5 aliphatic rings. The van der Waals surface area contributed by atoms with Gasteiger partial charge in [-0.25, -0.2) is 0 Å². The zero-order valence-corrected chi connectivity index (χ0v) is 17.2. The van der Waals surface area contributed by atoms with E-state index in [0.717, 1.165) is 44.2 Å². The van der Waals surface area contributed by atoms with Crippen molar-refractivity contribution >= 4 is 11.6 Å². The molecule has 6 rings (SSSR count). The van der Waals surface area contributed by atoms with Crippen LogP contribution in [0, 0.1) is 22.2 Å². The maximum Gasteiger partial charge on any atom is 0.227 e. The topological polar surface area (TPSA) is 53.0 Å². The summed E-state index contributed by atoms with van der Waals surface area (Å²) in [6.45, 7) is 2.29. The fraction of sp³-hybridized carbons (Fsp3) is 0.680. The Balaban J connectivity index is 1.47. The molecule has 0 spiro atoms. The molecule has 4 atom stereocenters. The zero-order chi connectivity index (χ0) is 19.4. The molecular formula is C25H34N2O. The Morgan fingerprint density at radius 3 is 2.57 bits per heavy atom. The summed E-state index contributed by atoms with van der Waals surface area (Å²) >= 11 is 0. The van der Waals surface area contributed by atoms with Crippen LogP contribution in [-0.4, -0.2) is 17.7 Å². The molecule has 0 aliphatic heterocycles. The molecule has 0 aromatic heterocycles. The average Bonchev–Trinajstić information content (AvgIpc) is 3.03. The highest BCUT2D eigenvalue weighted by atomic mass is 16.2. The number of hydrogen-bond donors (Lipinski definition) is 2. The van der Waals surface area contributed by atoms with E-state index in [1.54, 1.807) is 0 Å². The first-order valence-corrected chi connectivity index (χ1v) is 11.4. The fourth-order valence-corrected chi connectivity index (χ4v) is 8.03. The van der Waals surface area contributed by atoms with E-state index < -0.39 is 0 Å². The highest BCUT2D eigenvalue weighted by molar-refractivity contribution is 5.86. The van der Waals surface area contributed by atoms with Crippen LogP contribution in [0.4, 0.5) is 0 Å². The van der Waals surface area contributed by atoms with Gasteiger partial charge in [-0.05, 0) is 86.5 Å². The lowest BCUT2D eigenvalue weighted by Gasteiger charge is -2.41. The lowest BCUT2D eigenvalue weighted by Crippen LogP contribution is -2.50. The number of carbonyl (C=O) groups excluding carboxylic acids is 1.